The van der Waals surface area contributed by atoms with Crippen LogP contribution in [0.15, 0.2) is 71.9 Å². The molecule has 0 bridgehead atoms. The highest BCUT2D eigenvalue weighted by Gasteiger charge is 2.18. The maximum atomic E-state index is 13.2. The van der Waals surface area contributed by atoms with Gasteiger partial charge in [-0.1, -0.05) is 42.5 Å². The zero-order valence-corrected chi connectivity index (χ0v) is 17.6. The van der Waals surface area contributed by atoms with Crippen molar-refractivity contribution in [3.63, 3.8) is 0 Å². The molecule has 8 heteroatoms. The molecule has 0 aliphatic rings. The standard InChI is InChI=1S/C24H23FN4O3/c1-32-12-11-28-16-27-22-20(18-5-3-2-4-6-18)14-29(23(22)24(28)31)15-21(30)26-13-17-7-9-19(25)10-8-17/h2-10,14,16H,11-13,15H2,1H3,(H,26,30). The molecule has 164 valence electrons. The van der Waals surface area contributed by atoms with Gasteiger partial charge in [-0.05, 0) is 23.3 Å². The Hall–Kier alpha value is -3.78. The third-order valence-electron chi connectivity index (χ3n) is 5.18. The van der Waals surface area contributed by atoms with Crippen molar-refractivity contribution in [3.05, 3.63) is 88.9 Å². The van der Waals surface area contributed by atoms with Gasteiger partial charge in [0, 0.05) is 25.4 Å². The average molecular weight is 434 g/mol. The van der Waals surface area contributed by atoms with E-state index in [9.17, 15) is 14.0 Å². The summed E-state index contributed by atoms with van der Waals surface area (Å²) in [7, 11) is 1.57. The minimum atomic E-state index is -0.329. The number of methoxy groups -OCH3 is 1. The minimum absolute atomic E-state index is 0.0459. The Kier molecular flexibility index (Phi) is 6.42. The van der Waals surface area contributed by atoms with Crippen LogP contribution in [0.25, 0.3) is 22.2 Å². The molecule has 0 spiro atoms. The number of benzene rings is 2. The highest BCUT2D eigenvalue weighted by molar-refractivity contribution is 5.93. The molecule has 0 atom stereocenters. The lowest BCUT2D eigenvalue weighted by atomic mass is 10.1. The number of halogens is 1. The summed E-state index contributed by atoms with van der Waals surface area (Å²) in [4.78, 5) is 30.3. The van der Waals surface area contributed by atoms with Gasteiger partial charge in [0.1, 0.15) is 23.4 Å². The van der Waals surface area contributed by atoms with Crippen LogP contribution in [-0.2, 0) is 29.2 Å². The molecule has 2 aromatic carbocycles. The number of ether oxygens (including phenoxy) is 1. The summed E-state index contributed by atoms with van der Waals surface area (Å²) in [6.45, 7) is 0.953. The maximum absolute atomic E-state index is 13.2. The van der Waals surface area contributed by atoms with Crippen LogP contribution in [0.1, 0.15) is 5.56 Å². The molecule has 2 heterocycles. The summed E-state index contributed by atoms with van der Waals surface area (Å²) < 4.78 is 21.3. The Morgan fingerprint density at radius 3 is 2.56 bits per heavy atom. The third kappa shape index (κ3) is 4.60. The van der Waals surface area contributed by atoms with Gasteiger partial charge in [0.05, 0.1) is 19.5 Å². The summed E-state index contributed by atoms with van der Waals surface area (Å²) in [5.74, 6) is -0.595. The fraction of sp³-hybridized carbons (Fsp3) is 0.208. The molecule has 0 saturated heterocycles. The van der Waals surface area contributed by atoms with Crippen LogP contribution >= 0.6 is 0 Å². The van der Waals surface area contributed by atoms with Crippen molar-refractivity contribution in [2.45, 2.75) is 19.6 Å². The second-order valence-corrected chi connectivity index (χ2v) is 7.37. The molecule has 4 aromatic rings. The van der Waals surface area contributed by atoms with E-state index < -0.39 is 0 Å². The van der Waals surface area contributed by atoms with Gasteiger partial charge < -0.3 is 14.6 Å². The summed E-state index contributed by atoms with van der Waals surface area (Å²) in [5.41, 5.74) is 3.14. The molecule has 0 fully saturated rings. The van der Waals surface area contributed by atoms with E-state index >= 15 is 0 Å². The molecular formula is C24H23FN4O3. The molecule has 0 unspecified atom stereocenters. The second-order valence-electron chi connectivity index (χ2n) is 7.37. The molecule has 7 nitrogen and oxygen atoms in total. The number of nitrogens with zero attached hydrogens (tertiary/aromatic N) is 3. The first-order chi connectivity index (χ1) is 15.6. The van der Waals surface area contributed by atoms with Gasteiger partial charge in [-0.25, -0.2) is 9.37 Å². The first-order valence-electron chi connectivity index (χ1n) is 10.2. The highest BCUT2D eigenvalue weighted by Crippen LogP contribution is 2.27. The number of nitrogens with one attached hydrogen (secondary N) is 1. The Bertz CT molecular complexity index is 1280. The summed E-state index contributed by atoms with van der Waals surface area (Å²) in [6.07, 6.45) is 3.29. The van der Waals surface area contributed by atoms with Gasteiger partial charge in [0.15, 0.2) is 0 Å². The third-order valence-corrected chi connectivity index (χ3v) is 5.18. The molecule has 0 saturated carbocycles. The van der Waals surface area contributed by atoms with Crippen LogP contribution in [0.2, 0.25) is 0 Å². The lowest BCUT2D eigenvalue weighted by Gasteiger charge is -2.09. The minimum Gasteiger partial charge on any atom is -0.383 e. The monoisotopic (exact) mass is 434 g/mol. The molecule has 32 heavy (non-hydrogen) atoms. The SMILES string of the molecule is COCCn1cnc2c(-c3ccccc3)cn(CC(=O)NCc3ccc(F)cc3)c2c1=O. The van der Waals surface area contributed by atoms with E-state index in [-0.39, 0.29) is 30.4 Å². The number of aromatic nitrogens is 3. The van der Waals surface area contributed by atoms with Gasteiger partial charge >= 0.3 is 0 Å². The fourth-order valence-corrected chi connectivity index (χ4v) is 3.53. The van der Waals surface area contributed by atoms with Crippen molar-refractivity contribution in [3.8, 4) is 11.1 Å². The summed E-state index contributed by atoms with van der Waals surface area (Å²) in [5, 5.41) is 2.82. The lowest BCUT2D eigenvalue weighted by molar-refractivity contribution is -0.121. The van der Waals surface area contributed by atoms with Gasteiger partial charge in [-0.2, -0.15) is 0 Å². The lowest BCUT2D eigenvalue weighted by Crippen LogP contribution is -2.29. The van der Waals surface area contributed by atoms with Crippen LogP contribution in [0.3, 0.4) is 0 Å². The predicted molar refractivity (Wildman–Crippen MR) is 120 cm³/mol. The first kappa shape index (κ1) is 21.5. The van der Waals surface area contributed by atoms with Crippen molar-refractivity contribution in [1.29, 1.82) is 0 Å². The van der Waals surface area contributed by atoms with Gasteiger partial charge in [0.2, 0.25) is 5.91 Å². The molecule has 4 rings (SSSR count). The summed E-state index contributed by atoms with van der Waals surface area (Å²) >= 11 is 0. The maximum Gasteiger partial charge on any atom is 0.277 e. The molecule has 0 aliphatic carbocycles. The Morgan fingerprint density at radius 1 is 1.09 bits per heavy atom. The van der Waals surface area contributed by atoms with Crippen molar-refractivity contribution in [2.75, 3.05) is 13.7 Å². The Labute approximate surface area is 184 Å². The van der Waals surface area contributed by atoms with E-state index in [0.29, 0.717) is 24.2 Å². The smallest absolute Gasteiger partial charge is 0.277 e. The number of fused-ring (bicyclic) bond motifs is 1. The van der Waals surface area contributed by atoms with Crippen LogP contribution in [0, 0.1) is 5.82 Å². The molecule has 1 N–H and O–H groups in total. The predicted octanol–water partition coefficient (Wildman–Crippen LogP) is 2.97. The molecule has 1 amide bonds. The molecule has 0 radical (unpaired) electrons. The fourth-order valence-electron chi connectivity index (χ4n) is 3.53. The zero-order valence-electron chi connectivity index (χ0n) is 17.6. The van der Waals surface area contributed by atoms with E-state index in [1.807, 2.05) is 30.3 Å². The van der Waals surface area contributed by atoms with E-state index in [0.717, 1.165) is 16.7 Å². The number of carbonyl (C=O) groups is 1. The quantitative estimate of drug-likeness (QED) is 0.463. The zero-order chi connectivity index (χ0) is 22.5. The second kappa shape index (κ2) is 9.57. The van der Waals surface area contributed by atoms with E-state index in [1.54, 1.807) is 30.0 Å². The number of hydrogen-bond acceptors (Lipinski definition) is 4. The Balaban J connectivity index is 1.66. The van der Waals surface area contributed by atoms with Crippen LogP contribution in [0.4, 0.5) is 4.39 Å². The summed E-state index contributed by atoms with van der Waals surface area (Å²) in [6, 6.07) is 15.5. The molecule has 2 aromatic heterocycles. The van der Waals surface area contributed by atoms with Gasteiger partial charge in [-0.15, -0.1) is 0 Å². The van der Waals surface area contributed by atoms with E-state index in [2.05, 4.69) is 10.3 Å². The molecular weight excluding hydrogens is 411 g/mol. The van der Waals surface area contributed by atoms with Gasteiger partial charge in [0.25, 0.3) is 5.56 Å². The Morgan fingerprint density at radius 2 is 1.84 bits per heavy atom. The molecule has 0 aliphatic heterocycles. The number of hydrogen-bond donors (Lipinski definition) is 1. The van der Waals surface area contributed by atoms with Crippen LogP contribution in [-0.4, -0.2) is 33.7 Å². The number of rotatable bonds is 8. The van der Waals surface area contributed by atoms with Crippen molar-refractivity contribution in [1.82, 2.24) is 19.4 Å². The average Bonchev–Trinajstić information content (AvgIpc) is 3.18. The first-order valence-corrected chi connectivity index (χ1v) is 10.2. The normalized spacial score (nSPS) is 11.1. The van der Waals surface area contributed by atoms with Crippen molar-refractivity contribution in [2.24, 2.45) is 0 Å². The number of carbonyl (C=O) groups excluding carboxylic acids is 1. The number of amides is 1. The van der Waals surface area contributed by atoms with Crippen molar-refractivity contribution >= 4 is 16.9 Å². The topological polar surface area (TPSA) is 78.2 Å². The van der Waals surface area contributed by atoms with E-state index in [1.165, 1.54) is 23.0 Å². The van der Waals surface area contributed by atoms with E-state index in [4.69, 9.17) is 4.74 Å². The van der Waals surface area contributed by atoms with Crippen LogP contribution in [0.5, 0.6) is 0 Å². The van der Waals surface area contributed by atoms with Crippen molar-refractivity contribution < 1.29 is 13.9 Å². The van der Waals surface area contributed by atoms with Crippen LogP contribution < -0.4 is 10.9 Å². The largest absolute Gasteiger partial charge is 0.383 e. The highest BCUT2D eigenvalue weighted by atomic mass is 19.1. The van der Waals surface area contributed by atoms with Gasteiger partial charge in [-0.3, -0.25) is 14.2 Å².